The first-order chi connectivity index (χ1) is 9.58. The van der Waals surface area contributed by atoms with Crippen LogP contribution < -0.4 is 4.90 Å². The highest BCUT2D eigenvalue weighted by Crippen LogP contribution is 2.26. The fourth-order valence-electron chi connectivity index (χ4n) is 1.98. The first kappa shape index (κ1) is 14.7. The third kappa shape index (κ3) is 3.67. The normalized spacial score (nSPS) is 10.3. The smallest absolute Gasteiger partial charge is 0.159 e. The predicted molar refractivity (Wildman–Crippen MR) is 85.4 cm³/mol. The van der Waals surface area contributed by atoms with Gasteiger partial charge in [0.1, 0.15) is 0 Å². The van der Waals surface area contributed by atoms with Crippen LogP contribution in [0.25, 0.3) is 0 Å². The first-order valence-electron chi connectivity index (χ1n) is 6.49. The molecule has 0 N–H and O–H groups in total. The number of aromatic nitrogens is 1. The molecule has 0 amide bonds. The topological polar surface area (TPSA) is 33.2 Å². The maximum atomic E-state index is 11.3. The third-order valence-electron chi connectivity index (χ3n) is 3.19. The van der Waals surface area contributed by atoms with E-state index in [0.29, 0.717) is 0 Å². The molecule has 0 spiro atoms. The van der Waals surface area contributed by atoms with Gasteiger partial charge in [-0.3, -0.25) is 9.78 Å². The number of rotatable bonds is 5. The largest absolute Gasteiger partial charge is 0.373 e. The quantitative estimate of drug-likeness (QED) is 0.782. The summed E-state index contributed by atoms with van der Waals surface area (Å²) in [5.41, 5.74) is 2.88. The molecule has 1 heterocycles. The van der Waals surface area contributed by atoms with Gasteiger partial charge in [-0.2, -0.15) is 0 Å². The van der Waals surface area contributed by atoms with Crippen molar-refractivity contribution in [3.05, 3.63) is 58.3 Å². The monoisotopic (exact) mass is 332 g/mol. The molecule has 0 fully saturated rings. The number of pyridine rings is 1. The third-order valence-corrected chi connectivity index (χ3v) is 3.83. The van der Waals surface area contributed by atoms with E-state index in [1.165, 1.54) is 0 Å². The van der Waals surface area contributed by atoms with Gasteiger partial charge in [0.05, 0.1) is 5.69 Å². The van der Waals surface area contributed by atoms with E-state index < -0.39 is 0 Å². The molecule has 20 heavy (non-hydrogen) atoms. The van der Waals surface area contributed by atoms with Gasteiger partial charge >= 0.3 is 0 Å². The second kappa shape index (κ2) is 6.66. The number of anilines is 1. The van der Waals surface area contributed by atoms with Crippen LogP contribution in [0.4, 0.5) is 5.69 Å². The van der Waals surface area contributed by atoms with E-state index in [1.807, 2.05) is 49.6 Å². The van der Waals surface area contributed by atoms with Gasteiger partial charge in [0.2, 0.25) is 0 Å². The van der Waals surface area contributed by atoms with Gasteiger partial charge in [0.15, 0.2) is 5.78 Å². The lowest BCUT2D eigenvalue weighted by Gasteiger charge is -2.21. The minimum atomic E-state index is 0.0772. The Kier molecular flexibility index (Phi) is 4.90. The van der Waals surface area contributed by atoms with E-state index in [4.69, 9.17) is 0 Å². The molecule has 0 saturated carbocycles. The van der Waals surface area contributed by atoms with Crippen molar-refractivity contribution in [2.45, 2.75) is 13.3 Å². The second-order valence-corrected chi connectivity index (χ2v) is 5.57. The van der Waals surface area contributed by atoms with Gasteiger partial charge in [-0.15, -0.1) is 0 Å². The number of benzene rings is 1. The van der Waals surface area contributed by atoms with Crippen LogP contribution in [0.3, 0.4) is 0 Å². The second-order valence-electron chi connectivity index (χ2n) is 4.72. The fraction of sp³-hybridized carbons (Fsp3) is 0.250. The average molecular weight is 333 g/mol. The van der Waals surface area contributed by atoms with E-state index in [1.54, 1.807) is 6.92 Å². The fourth-order valence-corrected chi connectivity index (χ4v) is 2.67. The number of Topliss-reactive ketones (excluding diaryl/α,β-unsaturated/α-hetero) is 1. The maximum absolute atomic E-state index is 11.3. The summed E-state index contributed by atoms with van der Waals surface area (Å²) in [6.07, 6.45) is 2.70. The van der Waals surface area contributed by atoms with E-state index in [2.05, 4.69) is 25.8 Å². The van der Waals surface area contributed by atoms with Crippen LogP contribution in [-0.4, -0.2) is 24.4 Å². The summed E-state index contributed by atoms with van der Waals surface area (Å²) in [7, 11) is 2.04. The summed E-state index contributed by atoms with van der Waals surface area (Å²) in [6.45, 7) is 2.45. The van der Waals surface area contributed by atoms with Crippen molar-refractivity contribution in [2.24, 2.45) is 0 Å². The highest BCUT2D eigenvalue weighted by atomic mass is 79.9. The molecule has 0 aliphatic heterocycles. The van der Waals surface area contributed by atoms with Crippen LogP contribution in [-0.2, 0) is 6.42 Å². The van der Waals surface area contributed by atoms with Crippen LogP contribution in [0, 0.1) is 0 Å². The van der Waals surface area contributed by atoms with E-state index in [9.17, 15) is 4.79 Å². The average Bonchev–Trinajstić information content (AvgIpc) is 2.45. The van der Waals surface area contributed by atoms with E-state index in [0.717, 1.165) is 34.4 Å². The van der Waals surface area contributed by atoms with Crippen LogP contribution in [0.2, 0.25) is 0 Å². The molecule has 0 bridgehead atoms. The Bertz CT molecular complexity index is 599. The van der Waals surface area contributed by atoms with Gasteiger partial charge in [-0.1, -0.05) is 6.07 Å². The molecule has 3 nitrogen and oxygen atoms in total. The summed E-state index contributed by atoms with van der Waals surface area (Å²) < 4.78 is 0.939. The molecule has 2 aromatic rings. The molecule has 0 aliphatic rings. The Morgan fingerprint density at radius 2 is 2.10 bits per heavy atom. The Hall–Kier alpha value is -1.68. The van der Waals surface area contributed by atoms with Crippen molar-refractivity contribution >= 4 is 27.4 Å². The molecule has 1 aromatic carbocycles. The summed E-state index contributed by atoms with van der Waals surface area (Å²) in [5.74, 6) is 0.0772. The van der Waals surface area contributed by atoms with Gasteiger partial charge in [-0.25, -0.2) is 0 Å². The van der Waals surface area contributed by atoms with Gasteiger partial charge in [0, 0.05) is 41.9 Å². The molecule has 0 unspecified atom stereocenters. The number of halogens is 1. The van der Waals surface area contributed by atoms with Crippen molar-refractivity contribution < 1.29 is 4.79 Å². The number of ketones is 1. The molecule has 104 valence electrons. The van der Waals surface area contributed by atoms with E-state index in [-0.39, 0.29) is 5.78 Å². The standard InChI is InChI=1S/C16H17BrN2O/c1-12(20)13-6-7-16(15(17)11-13)19(2)10-8-14-5-3-4-9-18-14/h3-7,9,11H,8,10H2,1-2H3. The molecule has 0 aliphatic carbocycles. The summed E-state index contributed by atoms with van der Waals surface area (Å²) in [6, 6.07) is 11.7. The Balaban J connectivity index is 2.06. The summed E-state index contributed by atoms with van der Waals surface area (Å²) in [4.78, 5) is 17.8. The van der Waals surface area contributed by atoms with Crippen LogP contribution in [0.15, 0.2) is 47.1 Å². The minimum absolute atomic E-state index is 0.0772. The van der Waals surface area contributed by atoms with Gasteiger partial charge < -0.3 is 4.90 Å². The molecule has 0 atom stereocenters. The van der Waals surface area contributed by atoms with Crippen molar-refractivity contribution in [2.75, 3.05) is 18.5 Å². The highest BCUT2D eigenvalue weighted by molar-refractivity contribution is 9.10. The van der Waals surface area contributed by atoms with Crippen LogP contribution >= 0.6 is 15.9 Å². The summed E-state index contributed by atoms with van der Waals surface area (Å²) in [5, 5.41) is 0. The number of hydrogen-bond acceptors (Lipinski definition) is 3. The predicted octanol–water partition coefficient (Wildman–Crippen LogP) is 3.73. The van der Waals surface area contributed by atoms with Crippen molar-refractivity contribution in [3.8, 4) is 0 Å². The molecule has 0 radical (unpaired) electrons. The Morgan fingerprint density at radius 3 is 2.70 bits per heavy atom. The van der Waals surface area contributed by atoms with Gasteiger partial charge in [-0.05, 0) is 53.2 Å². The first-order valence-corrected chi connectivity index (χ1v) is 7.29. The van der Waals surface area contributed by atoms with E-state index >= 15 is 0 Å². The Labute approximate surface area is 127 Å². The van der Waals surface area contributed by atoms with Crippen molar-refractivity contribution in [1.82, 2.24) is 4.98 Å². The minimum Gasteiger partial charge on any atom is -0.373 e. The maximum Gasteiger partial charge on any atom is 0.159 e. The number of carbonyl (C=O) groups is 1. The van der Waals surface area contributed by atoms with Crippen LogP contribution in [0.1, 0.15) is 23.0 Å². The van der Waals surface area contributed by atoms with Crippen molar-refractivity contribution in [3.63, 3.8) is 0 Å². The lowest BCUT2D eigenvalue weighted by molar-refractivity contribution is 0.101. The number of hydrogen-bond donors (Lipinski definition) is 0. The zero-order valence-corrected chi connectivity index (χ0v) is 13.2. The molecule has 1 aromatic heterocycles. The lowest BCUT2D eigenvalue weighted by Crippen LogP contribution is -2.21. The summed E-state index contributed by atoms with van der Waals surface area (Å²) >= 11 is 3.53. The van der Waals surface area contributed by atoms with Gasteiger partial charge in [0.25, 0.3) is 0 Å². The lowest BCUT2D eigenvalue weighted by atomic mass is 10.1. The van der Waals surface area contributed by atoms with Crippen molar-refractivity contribution in [1.29, 1.82) is 0 Å². The molecular weight excluding hydrogens is 316 g/mol. The zero-order chi connectivity index (χ0) is 14.5. The number of nitrogens with zero attached hydrogens (tertiary/aromatic N) is 2. The van der Waals surface area contributed by atoms with Crippen LogP contribution in [0.5, 0.6) is 0 Å². The zero-order valence-electron chi connectivity index (χ0n) is 11.6. The molecule has 0 saturated heterocycles. The number of carbonyl (C=O) groups excluding carboxylic acids is 1. The molecule has 2 rings (SSSR count). The SMILES string of the molecule is CC(=O)c1ccc(N(C)CCc2ccccn2)c(Br)c1. The molecule has 4 heteroatoms. The highest BCUT2D eigenvalue weighted by Gasteiger charge is 2.08. The number of likely N-dealkylation sites (N-methyl/N-ethyl adjacent to an activating group) is 1. The Morgan fingerprint density at radius 1 is 1.30 bits per heavy atom. The molecular formula is C16H17BrN2O.